The van der Waals surface area contributed by atoms with Crippen LogP contribution in [-0.4, -0.2) is 18.6 Å². The molecule has 2 heteroatoms. The van der Waals surface area contributed by atoms with Crippen molar-refractivity contribution in [1.29, 1.82) is 0 Å². The number of allylic oxidation sites excluding steroid dienone is 1. The molecule has 0 saturated heterocycles. The third-order valence-electron chi connectivity index (χ3n) is 4.84. The van der Waals surface area contributed by atoms with Crippen LogP contribution in [0.2, 0.25) is 0 Å². The fourth-order valence-corrected chi connectivity index (χ4v) is 2.73. The van der Waals surface area contributed by atoms with Crippen molar-refractivity contribution in [2.45, 2.75) is 57.9 Å². The highest BCUT2D eigenvalue weighted by molar-refractivity contribution is 5.11. The largest absolute Gasteiger partial charge is 0.329 e. The zero-order chi connectivity index (χ0) is 11.6. The van der Waals surface area contributed by atoms with Crippen molar-refractivity contribution < 1.29 is 0 Å². The highest BCUT2D eigenvalue weighted by atomic mass is 15.0. The van der Waals surface area contributed by atoms with Crippen LogP contribution in [0.15, 0.2) is 11.6 Å². The molecule has 1 atom stereocenters. The maximum absolute atomic E-state index is 5.95. The summed E-state index contributed by atoms with van der Waals surface area (Å²) in [7, 11) is 0. The minimum Gasteiger partial charge on any atom is -0.329 e. The third kappa shape index (κ3) is 2.33. The monoisotopic (exact) mass is 222 g/mol. The van der Waals surface area contributed by atoms with Gasteiger partial charge in [-0.1, -0.05) is 18.6 Å². The van der Waals surface area contributed by atoms with E-state index < -0.39 is 0 Å². The van der Waals surface area contributed by atoms with Crippen molar-refractivity contribution >= 4 is 0 Å². The summed E-state index contributed by atoms with van der Waals surface area (Å²) in [5.74, 6) is 0. The predicted molar refractivity (Wildman–Crippen MR) is 69.4 cm³/mol. The van der Waals surface area contributed by atoms with Crippen molar-refractivity contribution in [3.05, 3.63) is 11.6 Å². The molecule has 2 rings (SSSR count). The number of rotatable bonds is 6. The molecule has 3 N–H and O–H groups in total. The van der Waals surface area contributed by atoms with Crippen molar-refractivity contribution in [3.63, 3.8) is 0 Å². The summed E-state index contributed by atoms with van der Waals surface area (Å²) in [6, 6.07) is 0. The first-order chi connectivity index (χ1) is 7.60. The lowest BCUT2D eigenvalue weighted by molar-refractivity contribution is 0.233. The van der Waals surface area contributed by atoms with Gasteiger partial charge in [-0.15, -0.1) is 0 Å². The molecule has 0 heterocycles. The van der Waals surface area contributed by atoms with Crippen LogP contribution in [0, 0.1) is 5.41 Å². The minimum atomic E-state index is 0.145. The van der Waals surface area contributed by atoms with E-state index in [9.17, 15) is 0 Å². The Bertz CT molecular complexity index is 278. The molecule has 16 heavy (non-hydrogen) atoms. The van der Waals surface area contributed by atoms with Gasteiger partial charge < -0.3 is 11.1 Å². The van der Waals surface area contributed by atoms with Gasteiger partial charge in [0.2, 0.25) is 0 Å². The normalized spacial score (nSPS) is 26.3. The Morgan fingerprint density at radius 3 is 2.75 bits per heavy atom. The highest BCUT2D eigenvalue weighted by Crippen LogP contribution is 2.53. The van der Waals surface area contributed by atoms with Gasteiger partial charge in [-0.3, -0.25) is 0 Å². The average molecular weight is 222 g/mol. The second kappa shape index (κ2) is 4.50. The topological polar surface area (TPSA) is 38.0 Å². The van der Waals surface area contributed by atoms with E-state index in [0.29, 0.717) is 5.41 Å². The molecular formula is C14H26N2. The van der Waals surface area contributed by atoms with Crippen LogP contribution in [0.5, 0.6) is 0 Å². The van der Waals surface area contributed by atoms with Crippen molar-refractivity contribution in [2.75, 3.05) is 13.1 Å². The average Bonchev–Trinajstić information content (AvgIpc) is 2.82. The van der Waals surface area contributed by atoms with Gasteiger partial charge in [0.25, 0.3) is 0 Å². The lowest BCUT2D eigenvalue weighted by Crippen LogP contribution is -2.55. The van der Waals surface area contributed by atoms with E-state index in [4.69, 9.17) is 5.73 Å². The standard InChI is InChI=1S/C14H26N2/c1-13(8-9-13)14(2,11-15)16-10-7-12-5-3-4-6-12/h5,16H,3-4,6-11,15H2,1-2H3. The van der Waals surface area contributed by atoms with E-state index in [2.05, 4.69) is 25.2 Å². The second-order valence-electron chi connectivity index (χ2n) is 6.03. The Hall–Kier alpha value is -0.340. The molecule has 0 aromatic carbocycles. The summed E-state index contributed by atoms with van der Waals surface area (Å²) in [6.45, 7) is 6.50. The van der Waals surface area contributed by atoms with Crippen LogP contribution in [-0.2, 0) is 0 Å². The molecule has 0 bridgehead atoms. The van der Waals surface area contributed by atoms with Gasteiger partial charge in [0.05, 0.1) is 0 Å². The van der Waals surface area contributed by atoms with E-state index in [0.717, 1.165) is 13.1 Å². The smallest absolute Gasteiger partial charge is 0.0329 e. The first-order valence-corrected chi connectivity index (χ1v) is 6.73. The predicted octanol–water partition coefficient (Wildman–Crippen LogP) is 2.59. The summed E-state index contributed by atoms with van der Waals surface area (Å²) in [6.07, 6.45) is 10.3. The zero-order valence-corrected chi connectivity index (χ0v) is 10.8. The third-order valence-corrected chi connectivity index (χ3v) is 4.84. The summed E-state index contributed by atoms with van der Waals surface area (Å²) >= 11 is 0. The fourth-order valence-electron chi connectivity index (χ4n) is 2.73. The van der Waals surface area contributed by atoms with Gasteiger partial charge in [-0.25, -0.2) is 0 Å². The molecule has 0 radical (unpaired) electrons. The molecule has 0 spiro atoms. The number of nitrogens with two attached hydrogens (primary N) is 1. The molecule has 2 aliphatic rings. The van der Waals surface area contributed by atoms with E-state index in [1.807, 2.05) is 0 Å². The molecule has 2 nitrogen and oxygen atoms in total. The number of hydrogen-bond acceptors (Lipinski definition) is 2. The molecule has 0 aromatic heterocycles. The summed E-state index contributed by atoms with van der Waals surface area (Å²) in [4.78, 5) is 0. The van der Waals surface area contributed by atoms with Gasteiger partial charge in [0, 0.05) is 12.1 Å². The molecule has 1 fully saturated rings. The summed E-state index contributed by atoms with van der Waals surface area (Å²) in [5, 5.41) is 3.71. The van der Waals surface area contributed by atoms with Crippen LogP contribution < -0.4 is 11.1 Å². The van der Waals surface area contributed by atoms with Crippen molar-refractivity contribution in [1.82, 2.24) is 5.32 Å². The molecular weight excluding hydrogens is 196 g/mol. The van der Waals surface area contributed by atoms with Crippen molar-refractivity contribution in [3.8, 4) is 0 Å². The molecule has 1 unspecified atom stereocenters. The fraction of sp³-hybridized carbons (Fsp3) is 0.857. The Morgan fingerprint density at radius 1 is 1.50 bits per heavy atom. The van der Waals surface area contributed by atoms with E-state index >= 15 is 0 Å². The Morgan fingerprint density at radius 2 is 2.25 bits per heavy atom. The number of hydrogen-bond donors (Lipinski definition) is 2. The Balaban J connectivity index is 1.79. The Labute approximate surface area is 99.7 Å². The van der Waals surface area contributed by atoms with E-state index in [1.54, 1.807) is 5.57 Å². The summed E-state index contributed by atoms with van der Waals surface area (Å²) in [5.41, 5.74) is 8.19. The Kier molecular flexibility index (Phi) is 3.41. The van der Waals surface area contributed by atoms with Gasteiger partial charge in [0.1, 0.15) is 0 Å². The quantitative estimate of drug-likeness (QED) is 0.678. The van der Waals surface area contributed by atoms with Gasteiger partial charge in [0.15, 0.2) is 0 Å². The molecule has 0 amide bonds. The number of nitrogens with one attached hydrogen (secondary N) is 1. The van der Waals surface area contributed by atoms with Crippen LogP contribution in [0.4, 0.5) is 0 Å². The molecule has 0 aromatic rings. The molecule has 1 saturated carbocycles. The van der Waals surface area contributed by atoms with E-state index in [1.165, 1.54) is 38.5 Å². The highest BCUT2D eigenvalue weighted by Gasteiger charge is 2.51. The van der Waals surface area contributed by atoms with E-state index in [-0.39, 0.29) is 5.54 Å². The van der Waals surface area contributed by atoms with Crippen LogP contribution in [0.25, 0.3) is 0 Å². The maximum Gasteiger partial charge on any atom is 0.0329 e. The SMILES string of the molecule is CC1(C(C)(CN)NCCC2=CCCC2)CC1. The molecule has 92 valence electrons. The lowest BCUT2D eigenvalue weighted by Gasteiger charge is -2.36. The first-order valence-electron chi connectivity index (χ1n) is 6.73. The van der Waals surface area contributed by atoms with Gasteiger partial charge in [-0.2, -0.15) is 0 Å². The van der Waals surface area contributed by atoms with Gasteiger partial charge >= 0.3 is 0 Å². The zero-order valence-electron chi connectivity index (χ0n) is 10.8. The van der Waals surface area contributed by atoms with Crippen molar-refractivity contribution in [2.24, 2.45) is 11.1 Å². The second-order valence-corrected chi connectivity index (χ2v) is 6.03. The first kappa shape index (κ1) is 12.1. The van der Waals surface area contributed by atoms with Crippen LogP contribution in [0.1, 0.15) is 52.4 Å². The molecule has 0 aliphatic heterocycles. The lowest BCUT2D eigenvalue weighted by atomic mass is 9.83. The minimum absolute atomic E-state index is 0.145. The van der Waals surface area contributed by atoms with Crippen LogP contribution in [0.3, 0.4) is 0 Å². The maximum atomic E-state index is 5.95. The van der Waals surface area contributed by atoms with Gasteiger partial charge in [-0.05, 0) is 57.4 Å². The molecule has 2 aliphatic carbocycles. The summed E-state index contributed by atoms with van der Waals surface area (Å²) < 4.78 is 0. The van der Waals surface area contributed by atoms with Crippen LogP contribution >= 0.6 is 0 Å².